The number of pyridine rings is 2. The number of carbonyl (C=O) groups excluding carboxylic acids is 2. The number of nitrogens with zero attached hydrogens (tertiary/aromatic N) is 3. The van der Waals surface area contributed by atoms with Crippen molar-refractivity contribution in [3.05, 3.63) is 112 Å². The molecule has 0 saturated heterocycles. The van der Waals surface area contributed by atoms with Gasteiger partial charge in [-0.25, -0.2) is 0 Å². The lowest BCUT2D eigenvalue weighted by atomic mass is 10.1. The number of benzene rings is 2. The molecule has 8 heteroatoms. The smallest absolute Gasteiger partial charge is 0.260 e. The molecule has 0 fully saturated rings. The van der Waals surface area contributed by atoms with Gasteiger partial charge < -0.3 is 10.6 Å². The van der Waals surface area contributed by atoms with Crippen LogP contribution >= 0.6 is 23.2 Å². The van der Waals surface area contributed by atoms with Crippen molar-refractivity contribution in [3.8, 4) is 11.3 Å². The van der Waals surface area contributed by atoms with Crippen molar-refractivity contribution >= 4 is 40.7 Å². The topological polar surface area (TPSA) is 89.2 Å². The minimum absolute atomic E-state index is 0.126. The fourth-order valence-corrected chi connectivity index (χ4v) is 3.80. The number of anilines is 1. The molecular weight excluding hydrogens is 459 g/mol. The normalized spacial score (nSPS) is 10.6. The third-order valence-corrected chi connectivity index (χ3v) is 5.62. The molecule has 6 nitrogen and oxygen atoms in total. The van der Waals surface area contributed by atoms with Gasteiger partial charge in [0.15, 0.2) is 0 Å². The van der Waals surface area contributed by atoms with Gasteiger partial charge in [0, 0.05) is 29.2 Å². The fourth-order valence-electron chi connectivity index (χ4n) is 3.32. The Morgan fingerprint density at radius 3 is 2.24 bits per heavy atom. The highest BCUT2D eigenvalue weighted by Gasteiger charge is 2.23. The molecule has 2 aromatic carbocycles. The Bertz CT molecular complexity index is 1310. The van der Waals surface area contributed by atoms with Crippen LogP contribution in [0.5, 0.6) is 0 Å². The first-order chi connectivity index (χ1) is 15.9. The Labute approximate surface area is 200 Å². The summed E-state index contributed by atoms with van der Waals surface area (Å²) in [5.74, 6) is -0.991. The molecule has 0 bridgehead atoms. The summed E-state index contributed by atoms with van der Waals surface area (Å²) in [6, 6.07) is 20.6. The number of rotatable bonds is 6. The van der Waals surface area contributed by atoms with E-state index < -0.39 is 5.91 Å². The second-order valence-corrected chi connectivity index (χ2v) is 7.96. The number of nitrogens with two attached hydrogens (primary N) is 1. The summed E-state index contributed by atoms with van der Waals surface area (Å²) in [7, 11) is 0. The van der Waals surface area contributed by atoms with E-state index in [1.807, 2.05) is 30.3 Å². The van der Waals surface area contributed by atoms with Gasteiger partial charge in [-0.15, -0.1) is 0 Å². The maximum absolute atomic E-state index is 13.6. The average Bonchev–Trinajstić information content (AvgIpc) is 2.83. The van der Waals surface area contributed by atoms with E-state index >= 15 is 0 Å². The van der Waals surface area contributed by atoms with E-state index in [-0.39, 0.29) is 28.6 Å². The van der Waals surface area contributed by atoms with Gasteiger partial charge in [0.1, 0.15) is 0 Å². The third kappa shape index (κ3) is 5.03. The summed E-state index contributed by atoms with van der Waals surface area (Å²) >= 11 is 12.8. The predicted molar refractivity (Wildman–Crippen MR) is 129 cm³/mol. The monoisotopic (exact) mass is 476 g/mol. The largest absolute Gasteiger partial charge is 0.366 e. The molecule has 0 aliphatic carbocycles. The molecule has 0 saturated carbocycles. The zero-order chi connectivity index (χ0) is 23.4. The third-order valence-electron chi connectivity index (χ3n) is 4.98. The predicted octanol–water partition coefficient (Wildman–Crippen LogP) is 5.40. The van der Waals surface area contributed by atoms with Crippen LogP contribution in [0, 0.1) is 0 Å². The van der Waals surface area contributed by atoms with E-state index in [1.165, 1.54) is 18.2 Å². The van der Waals surface area contributed by atoms with Gasteiger partial charge >= 0.3 is 0 Å². The second kappa shape index (κ2) is 9.81. The molecule has 0 unspecified atom stereocenters. The van der Waals surface area contributed by atoms with Crippen LogP contribution in [0.1, 0.15) is 26.4 Å². The van der Waals surface area contributed by atoms with Gasteiger partial charge in [0.2, 0.25) is 5.91 Å². The van der Waals surface area contributed by atoms with Crippen molar-refractivity contribution in [1.82, 2.24) is 9.97 Å². The molecule has 4 rings (SSSR count). The lowest BCUT2D eigenvalue weighted by Crippen LogP contribution is -2.31. The standard InChI is InChI=1S/C25H18Cl2N4O2/c26-21-10-8-18(14-20(21)23-6-2-4-12-30-23)31(15-17-5-1-3-11-29-17)25(33)19-9-7-16(24(28)32)13-22(19)27/h1-14H,15H2,(H2,28,32). The summed E-state index contributed by atoms with van der Waals surface area (Å²) in [6.45, 7) is 0.191. The Morgan fingerprint density at radius 1 is 0.848 bits per heavy atom. The van der Waals surface area contributed by atoms with Crippen molar-refractivity contribution in [2.45, 2.75) is 6.54 Å². The molecule has 33 heavy (non-hydrogen) atoms. The lowest BCUT2D eigenvalue weighted by molar-refractivity contribution is 0.0978. The number of amides is 2. The average molecular weight is 477 g/mol. The molecule has 0 atom stereocenters. The summed E-state index contributed by atoms with van der Waals surface area (Å²) in [5.41, 5.74) is 8.41. The van der Waals surface area contributed by atoms with Crippen molar-refractivity contribution in [2.24, 2.45) is 5.73 Å². The lowest BCUT2D eigenvalue weighted by Gasteiger charge is -2.24. The van der Waals surface area contributed by atoms with E-state index in [1.54, 1.807) is 41.6 Å². The van der Waals surface area contributed by atoms with Crippen LogP contribution in [-0.2, 0) is 6.54 Å². The minimum Gasteiger partial charge on any atom is -0.366 e. The van der Waals surface area contributed by atoms with E-state index in [0.717, 1.165) is 0 Å². The van der Waals surface area contributed by atoms with Gasteiger partial charge in [-0.2, -0.15) is 0 Å². The summed E-state index contributed by atoms with van der Waals surface area (Å²) in [6.07, 6.45) is 3.34. The van der Waals surface area contributed by atoms with Crippen molar-refractivity contribution in [3.63, 3.8) is 0 Å². The van der Waals surface area contributed by atoms with Crippen molar-refractivity contribution in [2.75, 3.05) is 4.90 Å². The molecule has 0 aliphatic rings. The van der Waals surface area contributed by atoms with Gasteiger partial charge in [0.05, 0.1) is 33.5 Å². The van der Waals surface area contributed by atoms with Crippen LogP contribution in [-0.4, -0.2) is 21.8 Å². The number of halogens is 2. The number of aromatic nitrogens is 2. The first-order valence-corrected chi connectivity index (χ1v) is 10.7. The highest BCUT2D eigenvalue weighted by molar-refractivity contribution is 6.35. The van der Waals surface area contributed by atoms with Crippen LogP contribution in [0.3, 0.4) is 0 Å². The zero-order valence-corrected chi connectivity index (χ0v) is 18.8. The number of primary amides is 1. The SMILES string of the molecule is NC(=O)c1ccc(C(=O)N(Cc2ccccn2)c2ccc(Cl)c(-c3ccccn3)c2)c(Cl)c1. The highest BCUT2D eigenvalue weighted by Crippen LogP contribution is 2.32. The Morgan fingerprint density at radius 2 is 1.61 bits per heavy atom. The van der Waals surface area contributed by atoms with Crippen LogP contribution in [0.2, 0.25) is 10.0 Å². The van der Waals surface area contributed by atoms with Crippen LogP contribution in [0.4, 0.5) is 5.69 Å². The van der Waals surface area contributed by atoms with E-state index in [2.05, 4.69) is 9.97 Å². The van der Waals surface area contributed by atoms with Crippen LogP contribution in [0.15, 0.2) is 85.2 Å². The molecule has 4 aromatic rings. The van der Waals surface area contributed by atoms with E-state index in [9.17, 15) is 9.59 Å². The molecular formula is C25H18Cl2N4O2. The first kappa shape index (κ1) is 22.5. The van der Waals surface area contributed by atoms with Gasteiger partial charge in [-0.05, 0) is 60.7 Å². The van der Waals surface area contributed by atoms with Crippen molar-refractivity contribution in [1.29, 1.82) is 0 Å². The quantitative estimate of drug-likeness (QED) is 0.403. The first-order valence-electron chi connectivity index (χ1n) is 9.96. The van der Waals surface area contributed by atoms with Gasteiger partial charge in [-0.1, -0.05) is 35.3 Å². The van der Waals surface area contributed by atoms with Crippen LogP contribution in [0.25, 0.3) is 11.3 Å². The Balaban J connectivity index is 1.79. The van der Waals surface area contributed by atoms with E-state index in [0.29, 0.717) is 27.7 Å². The number of carbonyl (C=O) groups is 2. The molecule has 164 valence electrons. The molecule has 0 spiro atoms. The molecule has 0 radical (unpaired) electrons. The summed E-state index contributed by atoms with van der Waals surface area (Å²) < 4.78 is 0. The molecule has 2 N–H and O–H groups in total. The maximum atomic E-state index is 13.6. The second-order valence-electron chi connectivity index (χ2n) is 7.15. The van der Waals surface area contributed by atoms with Gasteiger partial charge in [-0.3, -0.25) is 19.6 Å². The van der Waals surface area contributed by atoms with E-state index in [4.69, 9.17) is 28.9 Å². The van der Waals surface area contributed by atoms with Crippen LogP contribution < -0.4 is 10.6 Å². The Hall–Kier alpha value is -3.74. The number of hydrogen-bond acceptors (Lipinski definition) is 4. The molecule has 2 heterocycles. The minimum atomic E-state index is -0.626. The molecule has 0 aliphatic heterocycles. The highest BCUT2D eigenvalue weighted by atomic mass is 35.5. The summed E-state index contributed by atoms with van der Waals surface area (Å²) in [4.78, 5) is 35.4. The maximum Gasteiger partial charge on any atom is 0.260 e. The fraction of sp³-hybridized carbons (Fsp3) is 0.0400. The zero-order valence-electron chi connectivity index (χ0n) is 17.3. The van der Waals surface area contributed by atoms with Crippen molar-refractivity contribution < 1.29 is 9.59 Å². The van der Waals surface area contributed by atoms with Gasteiger partial charge in [0.25, 0.3) is 5.91 Å². The molecule has 2 amide bonds. The summed E-state index contributed by atoms with van der Waals surface area (Å²) in [5, 5.41) is 0.632. The molecule has 2 aromatic heterocycles. The Kier molecular flexibility index (Phi) is 6.68. The number of hydrogen-bond donors (Lipinski definition) is 1.